The van der Waals surface area contributed by atoms with E-state index in [1.807, 2.05) is 20.2 Å². The van der Waals surface area contributed by atoms with Crippen molar-refractivity contribution in [1.29, 1.82) is 0 Å². The lowest BCUT2D eigenvalue weighted by Crippen LogP contribution is -2.53. The third-order valence-electron chi connectivity index (χ3n) is 4.18. The van der Waals surface area contributed by atoms with E-state index in [0.29, 0.717) is 12.2 Å². The fourth-order valence-corrected chi connectivity index (χ4v) is 3.43. The highest BCUT2D eigenvalue weighted by Crippen LogP contribution is 2.34. The Morgan fingerprint density at radius 1 is 1.32 bits per heavy atom. The van der Waals surface area contributed by atoms with Gasteiger partial charge in [-0.3, -0.25) is 14.7 Å². The van der Waals surface area contributed by atoms with Crippen LogP contribution in [0.15, 0.2) is 22.9 Å². The number of ketones is 1. The van der Waals surface area contributed by atoms with Crippen molar-refractivity contribution >= 4 is 21.7 Å². The van der Waals surface area contributed by atoms with Gasteiger partial charge in [0.1, 0.15) is 0 Å². The van der Waals surface area contributed by atoms with Crippen LogP contribution in [0.2, 0.25) is 0 Å². The summed E-state index contributed by atoms with van der Waals surface area (Å²) in [5, 5.41) is 0. The average molecular weight is 325 g/mol. The second kappa shape index (κ2) is 6.14. The number of nitrogens with zero attached hydrogens (tertiary/aromatic N) is 2. The molecular weight excluding hydrogens is 304 g/mol. The quantitative estimate of drug-likeness (QED) is 0.852. The first-order valence-corrected chi connectivity index (χ1v) is 7.64. The number of likely N-dealkylation sites (N-methyl/N-ethyl adjacent to an activating group) is 1. The molecule has 0 bridgehead atoms. The SMILES string of the molecule is CN(C)C1(C(=O)Cc2cncc(Br)c2)CCCCC1. The van der Waals surface area contributed by atoms with Gasteiger partial charge in [0.2, 0.25) is 0 Å². The summed E-state index contributed by atoms with van der Waals surface area (Å²) < 4.78 is 0.931. The molecule has 0 N–H and O–H groups in total. The number of aromatic nitrogens is 1. The number of Topliss-reactive ketones (excluding diaryl/α,β-unsaturated/α-hetero) is 1. The van der Waals surface area contributed by atoms with E-state index in [1.165, 1.54) is 6.42 Å². The highest BCUT2D eigenvalue weighted by molar-refractivity contribution is 9.10. The number of halogens is 1. The molecular formula is C15H21BrN2O. The molecule has 0 atom stereocenters. The molecule has 0 radical (unpaired) electrons. The van der Waals surface area contributed by atoms with Crippen molar-refractivity contribution in [2.24, 2.45) is 0 Å². The molecule has 3 nitrogen and oxygen atoms in total. The summed E-state index contributed by atoms with van der Waals surface area (Å²) in [7, 11) is 4.06. The Hall–Kier alpha value is -0.740. The van der Waals surface area contributed by atoms with Crippen LogP contribution >= 0.6 is 15.9 Å². The maximum absolute atomic E-state index is 12.8. The molecule has 104 valence electrons. The van der Waals surface area contributed by atoms with Gasteiger partial charge in [-0.1, -0.05) is 19.3 Å². The molecule has 0 aliphatic heterocycles. The molecule has 0 unspecified atom stereocenters. The summed E-state index contributed by atoms with van der Waals surface area (Å²) in [6.45, 7) is 0. The van der Waals surface area contributed by atoms with Gasteiger partial charge in [0.25, 0.3) is 0 Å². The third-order valence-corrected chi connectivity index (χ3v) is 4.62. The molecule has 19 heavy (non-hydrogen) atoms. The molecule has 1 aliphatic rings. The molecule has 1 fully saturated rings. The highest BCUT2D eigenvalue weighted by Gasteiger charge is 2.40. The number of rotatable bonds is 4. The van der Waals surface area contributed by atoms with Crippen LogP contribution in [0.1, 0.15) is 37.7 Å². The number of hydrogen-bond donors (Lipinski definition) is 0. The topological polar surface area (TPSA) is 33.2 Å². The minimum Gasteiger partial charge on any atom is -0.297 e. The molecule has 1 aliphatic carbocycles. The lowest BCUT2D eigenvalue weighted by Gasteiger charge is -2.41. The fourth-order valence-electron chi connectivity index (χ4n) is 3.01. The Balaban J connectivity index is 2.16. The number of hydrogen-bond acceptors (Lipinski definition) is 3. The number of carbonyl (C=O) groups excluding carboxylic acids is 1. The zero-order valence-corrected chi connectivity index (χ0v) is 13.2. The molecule has 1 aromatic heterocycles. The highest BCUT2D eigenvalue weighted by atomic mass is 79.9. The van der Waals surface area contributed by atoms with E-state index in [-0.39, 0.29) is 5.54 Å². The van der Waals surface area contributed by atoms with Gasteiger partial charge in [-0.2, -0.15) is 0 Å². The second-order valence-electron chi connectivity index (χ2n) is 5.60. The lowest BCUT2D eigenvalue weighted by molar-refractivity contribution is -0.131. The van der Waals surface area contributed by atoms with E-state index in [1.54, 1.807) is 12.4 Å². The van der Waals surface area contributed by atoms with E-state index < -0.39 is 0 Å². The maximum atomic E-state index is 12.8. The molecule has 4 heteroatoms. The maximum Gasteiger partial charge on any atom is 0.157 e. The fraction of sp³-hybridized carbons (Fsp3) is 0.600. The average Bonchev–Trinajstić information content (AvgIpc) is 2.39. The Bertz CT molecular complexity index is 453. The molecule has 0 saturated heterocycles. The Labute approximate surface area is 123 Å². The summed E-state index contributed by atoms with van der Waals surface area (Å²) in [6, 6.07) is 1.98. The van der Waals surface area contributed by atoms with E-state index in [9.17, 15) is 4.79 Å². The first-order valence-electron chi connectivity index (χ1n) is 6.85. The van der Waals surface area contributed by atoms with Gasteiger partial charge in [-0.25, -0.2) is 0 Å². The van der Waals surface area contributed by atoms with Gasteiger partial charge in [0, 0.05) is 23.3 Å². The summed E-state index contributed by atoms with van der Waals surface area (Å²) in [5.41, 5.74) is 0.729. The van der Waals surface area contributed by atoms with Crippen LogP contribution in [-0.4, -0.2) is 35.3 Å². The Kier molecular flexibility index (Phi) is 4.74. The lowest BCUT2D eigenvalue weighted by atomic mass is 9.76. The Morgan fingerprint density at radius 3 is 2.58 bits per heavy atom. The van der Waals surface area contributed by atoms with Crippen molar-refractivity contribution in [1.82, 2.24) is 9.88 Å². The summed E-state index contributed by atoms with van der Waals surface area (Å²) in [5.74, 6) is 0.331. The van der Waals surface area contributed by atoms with Crippen LogP contribution in [0, 0.1) is 0 Å². The Morgan fingerprint density at radius 2 is 2.00 bits per heavy atom. The molecule has 0 amide bonds. The van der Waals surface area contributed by atoms with Crippen molar-refractivity contribution in [2.75, 3.05) is 14.1 Å². The van der Waals surface area contributed by atoms with Gasteiger partial charge in [0.15, 0.2) is 5.78 Å². The minimum absolute atomic E-state index is 0.263. The van der Waals surface area contributed by atoms with Crippen molar-refractivity contribution in [3.63, 3.8) is 0 Å². The number of carbonyl (C=O) groups is 1. The molecule has 2 rings (SSSR count). The zero-order valence-electron chi connectivity index (χ0n) is 11.7. The minimum atomic E-state index is -0.263. The van der Waals surface area contributed by atoms with Crippen LogP contribution in [0.5, 0.6) is 0 Å². The predicted octanol–water partition coefficient (Wildman–Crippen LogP) is 3.22. The van der Waals surface area contributed by atoms with Gasteiger partial charge < -0.3 is 0 Å². The van der Waals surface area contributed by atoms with Gasteiger partial charge in [0.05, 0.1) is 5.54 Å². The van der Waals surface area contributed by atoms with Gasteiger partial charge in [-0.15, -0.1) is 0 Å². The van der Waals surface area contributed by atoms with Crippen LogP contribution in [0.25, 0.3) is 0 Å². The predicted molar refractivity (Wildman–Crippen MR) is 80.2 cm³/mol. The molecule has 0 aromatic carbocycles. The monoisotopic (exact) mass is 324 g/mol. The van der Waals surface area contributed by atoms with Gasteiger partial charge >= 0.3 is 0 Å². The van der Waals surface area contributed by atoms with Crippen molar-refractivity contribution in [3.05, 3.63) is 28.5 Å². The van der Waals surface area contributed by atoms with Crippen LogP contribution < -0.4 is 0 Å². The van der Waals surface area contributed by atoms with E-state index >= 15 is 0 Å². The standard InChI is InChI=1S/C15H21BrN2O/c1-18(2)15(6-4-3-5-7-15)14(19)9-12-8-13(16)11-17-10-12/h8,10-11H,3-7,9H2,1-2H3. The normalized spacial score (nSPS) is 18.5. The van der Waals surface area contributed by atoms with Crippen LogP contribution in [0.3, 0.4) is 0 Å². The van der Waals surface area contributed by atoms with Crippen molar-refractivity contribution in [3.8, 4) is 0 Å². The van der Waals surface area contributed by atoms with E-state index in [0.717, 1.165) is 35.7 Å². The zero-order chi connectivity index (χ0) is 13.9. The summed E-state index contributed by atoms with van der Waals surface area (Å²) in [4.78, 5) is 19.0. The first kappa shape index (κ1) is 14.7. The van der Waals surface area contributed by atoms with E-state index in [2.05, 4.69) is 25.8 Å². The van der Waals surface area contributed by atoms with Crippen molar-refractivity contribution in [2.45, 2.75) is 44.1 Å². The molecule has 1 heterocycles. The number of pyridine rings is 1. The first-order chi connectivity index (χ1) is 9.04. The third kappa shape index (κ3) is 3.23. The molecule has 1 aromatic rings. The molecule has 1 saturated carbocycles. The largest absolute Gasteiger partial charge is 0.297 e. The summed E-state index contributed by atoms with van der Waals surface area (Å²) in [6.07, 6.45) is 9.54. The van der Waals surface area contributed by atoms with Gasteiger partial charge in [-0.05, 0) is 54.5 Å². The van der Waals surface area contributed by atoms with Crippen molar-refractivity contribution < 1.29 is 4.79 Å². The van der Waals surface area contributed by atoms with Crippen LogP contribution in [0.4, 0.5) is 0 Å². The smallest absolute Gasteiger partial charge is 0.157 e. The summed E-state index contributed by atoms with van der Waals surface area (Å²) >= 11 is 3.41. The van der Waals surface area contributed by atoms with Crippen LogP contribution in [-0.2, 0) is 11.2 Å². The second-order valence-corrected chi connectivity index (χ2v) is 6.51. The molecule has 0 spiro atoms. The van der Waals surface area contributed by atoms with E-state index in [4.69, 9.17) is 0 Å².